The van der Waals surface area contributed by atoms with E-state index in [-0.39, 0.29) is 11.8 Å². The van der Waals surface area contributed by atoms with Crippen LogP contribution in [0.25, 0.3) is 0 Å². The number of aromatic nitrogens is 1. The largest absolute Gasteiger partial charge is 0.392 e. The Morgan fingerprint density at radius 2 is 1.96 bits per heavy atom. The molecule has 2 heterocycles. The number of nitrogens with zero attached hydrogens (tertiary/aromatic N) is 2. The molecular weight excluding hydrogens is 290 g/mol. The molecule has 5 heteroatoms. The topological polar surface area (TPSA) is 65.5 Å². The molecule has 0 radical (unpaired) electrons. The van der Waals surface area contributed by atoms with Gasteiger partial charge >= 0.3 is 0 Å². The molecule has 0 spiro atoms. The van der Waals surface area contributed by atoms with Gasteiger partial charge < -0.3 is 15.3 Å². The van der Waals surface area contributed by atoms with Crippen molar-refractivity contribution in [3.8, 4) is 0 Å². The second kappa shape index (κ2) is 7.77. The summed E-state index contributed by atoms with van der Waals surface area (Å²) in [6.45, 7) is 2.65. The van der Waals surface area contributed by atoms with E-state index in [1.807, 2.05) is 12.3 Å². The van der Waals surface area contributed by atoms with Gasteiger partial charge in [-0.3, -0.25) is 4.79 Å². The van der Waals surface area contributed by atoms with Crippen LogP contribution in [0.3, 0.4) is 0 Å². The van der Waals surface area contributed by atoms with Crippen LogP contribution in [0, 0.1) is 5.92 Å². The Morgan fingerprint density at radius 1 is 1.17 bits per heavy atom. The molecule has 2 atom stereocenters. The molecule has 1 aromatic heterocycles. The number of aliphatic hydroxyl groups is 1. The fourth-order valence-electron chi connectivity index (χ4n) is 3.57. The quantitative estimate of drug-likeness (QED) is 0.894. The Hall–Kier alpha value is -1.62. The van der Waals surface area contributed by atoms with Crippen molar-refractivity contribution in [3.63, 3.8) is 0 Å². The number of amides is 1. The SMILES string of the molecule is O=C(NCc1ccc(N2CCCCCC2)nc1)C1CCCC1O. The molecule has 0 bridgehead atoms. The zero-order valence-electron chi connectivity index (χ0n) is 13.7. The molecule has 0 aromatic carbocycles. The second-order valence-corrected chi connectivity index (χ2v) is 6.75. The third-order valence-corrected chi connectivity index (χ3v) is 5.02. The van der Waals surface area contributed by atoms with Crippen molar-refractivity contribution in [1.29, 1.82) is 0 Å². The van der Waals surface area contributed by atoms with Crippen LogP contribution >= 0.6 is 0 Å². The Labute approximate surface area is 138 Å². The highest BCUT2D eigenvalue weighted by atomic mass is 16.3. The van der Waals surface area contributed by atoms with E-state index < -0.39 is 6.10 Å². The minimum absolute atomic E-state index is 0.0356. The van der Waals surface area contributed by atoms with Gasteiger partial charge in [-0.05, 0) is 43.7 Å². The number of aliphatic hydroxyl groups excluding tert-OH is 1. The zero-order chi connectivity index (χ0) is 16.1. The van der Waals surface area contributed by atoms with E-state index in [4.69, 9.17) is 0 Å². The molecule has 1 aliphatic carbocycles. The highest BCUT2D eigenvalue weighted by Crippen LogP contribution is 2.25. The molecule has 23 heavy (non-hydrogen) atoms. The van der Waals surface area contributed by atoms with Gasteiger partial charge in [-0.1, -0.05) is 18.9 Å². The third kappa shape index (κ3) is 4.22. The molecular formula is C18H27N3O2. The standard InChI is InChI=1S/C18H27N3O2/c22-16-7-5-6-15(16)18(23)20-13-14-8-9-17(19-12-14)21-10-3-1-2-4-11-21/h8-9,12,15-16,22H,1-7,10-11,13H2,(H,20,23). The molecule has 1 saturated carbocycles. The smallest absolute Gasteiger partial charge is 0.225 e. The Morgan fingerprint density at radius 3 is 2.57 bits per heavy atom. The van der Waals surface area contributed by atoms with Crippen molar-refractivity contribution < 1.29 is 9.90 Å². The summed E-state index contributed by atoms with van der Waals surface area (Å²) in [5.41, 5.74) is 1.00. The lowest BCUT2D eigenvalue weighted by Gasteiger charge is -2.21. The van der Waals surface area contributed by atoms with Crippen molar-refractivity contribution in [2.24, 2.45) is 5.92 Å². The first-order valence-corrected chi connectivity index (χ1v) is 8.90. The van der Waals surface area contributed by atoms with Crippen LogP contribution < -0.4 is 10.2 Å². The number of carbonyl (C=O) groups is 1. The summed E-state index contributed by atoms with van der Waals surface area (Å²) in [4.78, 5) is 19.0. The van der Waals surface area contributed by atoms with Crippen molar-refractivity contribution >= 4 is 11.7 Å². The van der Waals surface area contributed by atoms with Crippen LogP contribution in [0.4, 0.5) is 5.82 Å². The van der Waals surface area contributed by atoms with E-state index >= 15 is 0 Å². The summed E-state index contributed by atoms with van der Waals surface area (Å²) in [5.74, 6) is 0.763. The number of nitrogens with one attached hydrogen (secondary N) is 1. The summed E-state index contributed by atoms with van der Waals surface area (Å²) >= 11 is 0. The predicted molar refractivity (Wildman–Crippen MR) is 90.1 cm³/mol. The molecule has 1 aromatic rings. The molecule has 2 aliphatic rings. The number of anilines is 1. The molecule has 2 fully saturated rings. The lowest BCUT2D eigenvalue weighted by Crippen LogP contribution is -2.34. The van der Waals surface area contributed by atoms with Crippen LogP contribution in [0.15, 0.2) is 18.3 Å². The van der Waals surface area contributed by atoms with Crippen molar-refractivity contribution in [3.05, 3.63) is 23.9 Å². The number of hydrogen-bond acceptors (Lipinski definition) is 4. The fourth-order valence-corrected chi connectivity index (χ4v) is 3.57. The van der Waals surface area contributed by atoms with Crippen LogP contribution in [-0.4, -0.2) is 35.2 Å². The van der Waals surface area contributed by atoms with E-state index in [2.05, 4.69) is 21.3 Å². The van der Waals surface area contributed by atoms with Gasteiger partial charge in [0, 0.05) is 25.8 Å². The second-order valence-electron chi connectivity index (χ2n) is 6.75. The highest BCUT2D eigenvalue weighted by molar-refractivity contribution is 5.79. The van der Waals surface area contributed by atoms with Gasteiger partial charge in [-0.25, -0.2) is 4.98 Å². The fraction of sp³-hybridized carbons (Fsp3) is 0.667. The first kappa shape index (κ1) is 16.2. The van der Waals surface area contributed by atoms with Crippen LogP contribution in [0.2, 0.25) is 0 Å². The summed E-state index contributed by atoms with van der Waals surface area (Å²) in [7, 11) is 0. The first-order valence-electron chi connectivity index (χ1n) is 8.90. The first-order chi connectivity index (χ1) is 11.2. The van der Waals surface area contributed by atoms with E-state index in [1.165, 1.54) is 25.7 Å². The Balaban J connectivity index is 1.52. The van der Waals surface area contributed by atoms with E-state index in [0.717, 1.165) is 43.7 Å². The maximum atomic E-state index is 12.1. The molecule has 2 N–H and O–H groups in total. The number of carbonyl (C=O) groups excluding carboxylic acids is 1. The van der Waals surface area contributed by atoms with Crippen LogP contribution in [0.5, 0.6) is 0 Å². The number of hydrogen-bond donors (Lipinski definition) is 2. The van der Waals surface area contributed by atoms with Gasteiger partial charge in [0.15, 0.2) is 0 Å². The monoisotopic (exact) mass is 317 g/mol. The lowest BCUT2D eigenvalue weighted by atomic mass is 10.1. The van der Waals surface area contributed by atoms with E-state index in [0.29, 0.717) is 6.54 Å². The van der Waals surface area contributed by atoms with Gasteiger partial charge in [-0.2, -0.15) is 0 Å². The third-order valence-electron chi connectivity index (χ3n) is 5.02. The Bertz CT molecular complexity index is 510. The van der Waals surface area contributed by atoms with Gasteiger partial charge in [0.25, 0.3) is 0 Å². The maximum absolute atomic E-state index is 12.1. The zero-order valence-corrected chi connectivity index (χ0v) is 13.7. The molecule has 1 amide bonds. The molecule has 126 valence electrons. The van der Waals surface area contributed by atoms with Crippen molar-refractivity contribution in [2.75, 3.05) is 18.0 Å². The minimum Gasteiger partial charge on any atom is -0.392 e. The highest BCUT2D eigenvalue weighted by Gasteiger charge is 2.31. The summed E-state index contributed by atoms with van der Waals surface area (Å²) < 4.78 is 0. The van der Waals surface area contributed by atoms with Gasteiger partial charge in [0.05, 0.1) is 12.0 Å². The number of rotatable bonds is 4. The summed E-state index contributed by atoms with van der Waals surface area (Å²) in [6.07, 6.45) is 8.95. The average molecular weight is 317 g/mol. The van der Waals surface area contributed by atoms with Crippen molar-refractivity contribution in [2.45, 2.75) is 57.6 Å². The van der Waals surface area contributed by atoms with Crippen LogP contribution in [0.1, 0.15) is 50.5 Å². The summed E-state index contributed by atoms with van der Waals surface area (Å²) in [6, 6.07) is 4.09. The Kier molecular flexibility index (Phi) is 5.49. The van der Waals surface area contributed by atoms with Crippen molar-refractivity contribution in [1.82, 2.24) is 10.3 Å². The van der Waals surface area contributed by atoms with Gasteiger partial charge in [0.1, 0.15) is 5.82 Å². The predicted octanol–water partition coefficient (Wildman–Crippen LogP) is 2.24. The normalized spacial score (nSPS) is 25.2. The average Bonchev–Trinajstić information content (AvgIpc) is 2.84. The van der Waals surface area contributed by atoms with E-state index in [1.54, 1.807) is 0 Å². The van der Waals surface area contributed by atoms with E-state index in [9.17, 15) is 9.90 Å². The molecule has 3 rings (SSSR count). The van der Waals surface area contributed by atoms with Gasteiger partial charge in [-0.15, -0.1) is 0 Å². The molecule has 1 aliphatic heterocycles. The maximum Gasteiger partial charge on any atom is 0.225 e. The number of pyridine rings is 1. The summed E-state index contributed by atoms with van der Waals surface area (Å²) in [5, 5.41) is 12.7. The van der Waals surface area contributed by atoms with Crippen LogP contribution in [-0.2, 0) is 11.3 Å². The molecule has 5 nitrogen and oxygen atoms in total. The molecule has 2 unspecified atom stereocenters. The van der Waals surface area contributed by atoms with Gasteiger partial charge in [0.2, 0.25) is 5.91 Å². The molecule has 1 saturated heterocycles. The minimum atomic E-state index is -0.474. The lowest BCUT2D eigenvalue weighted by molar-refractivity contribution is -0.127.